The van der Waals surface area contributed by atoms with E-state index in [0.29, 0.717) is 4.57 Å². The predicted octanol–water partition coefficient (Wildman–Crippen LogP) is 3.74. The highest BCUT2D eigenvalue weighted by Gasteiger charge is 2.63. The molecule has 0 aromatic carbocycles. The van der Waals surface area contributed by atoms with Crippen molar-refractivity contribution in [2.24, 2.45) is 0 Å². The van der Waals surface area contributed by atoms with E-state index in [1.807, 2.05) is 0 Å². The minimum atomic E-state index is -4.09. The number of aromatic amines is 1. The summed E-state index contributed by atoms with van der Waals surface area (Å²) in [6.07, 6.45) is -9.58. The first kappa shape index (κ1) is 34.6. The summed E-state index contributed by atoms with van der Waals surface area (Å²) < 4.78 is 61.7. The average Bonchev–Trinajstić information content (AvgIpc) is 3.36. The number of carbonyl (C=O) groups excluding carboxylic acids is 3. The zero-order valence-electron chi connectivity index (χ0n) is 25.2. The van der Waals surface area contributed by atoms with Crippen LogP contribution in [0, 0.1) is 17.0 Å². The van der Waals surface area contributed by atoms with Crippen LogP contribution >= 0.6 is 0 Å². The normalized spacial score (nSPS) is 19.4. The third-order valence-electron chi connectivity index (χ3n) is 5.52. The third-order valence-corrected chi connectivity index (χ3v) is 5.52. The van der Waals surface area contributed by atoms with Crippen molar-refractivity contribution in [3.05, 3.63) is 44.2 Å². The molecule has 2 aromatic rings. The summed E-state index contributed by atoms with van der Waals surface area (Å²) in [4.78, 5) is 68.9. The molecule has 1 aliphatic heterocycles. The van der Waals surface area contributed by atoms with E-state index in [9.17, 15) is 29.3 Å². The number of rotatable bonds is 8. The van der Waals surface area contributed by atoms with Crippen molar-refractivity contribution >= 4 is 30.2 Å². The molecule has 0 unspecified atom stereocenters. The van der Waals surface area contributed by atoms with E-state index in [2.05, 4.69) is 20.3 Å². The lowest BCUT2D eigenvalue weighted by Crippen LogP contribution is -2.45. The molecule has 3 rings (SSSR count). The van der Waals surface area contributed by atoms with Crippen LogP contribution in [-0.2, 0) is 35.0 Å². The number of anilines is 1. The van der Waals surface area contributed by atoms with Gasteiger partial charge >= 0.3 is 36.0 Å². The Morgan fingerprint density at radius 1 is 1.11 bits per heavy atom. The number of nitrogens with zero attached hydrogens (tertiary/aromatic N) is 4. The molecule has 1 amide bonds. The highest BCUT2D eigenvalue weighted by atomic mass is 19.3. The number of nitro groups is 1. The number of amides is 1. The minimum absolute atomic E-state index is 0.0641. The van der Waals surface area contributed by atoms with Gasteiger partial charge in [0.25, 0.3) is 0 Å². The van der Waals surface area contributed by atoms with E-state index < -0.39 is 89.6 Å². The van der Waals surface area contributed by atoms with Gasteiger partial charge in [-0.25, -0.2) is 24.2 Å². The second-order valence-corrected chi connectivity index (χ2v) is 11.6. The number of ether oxygens (including phenoxy) is 6. The molecule has 0 aliphatic carbocycles. The second kappa shape index (κ2) is 13.0. The Morgan fingerprint density at radius 3 is 2.29 bits per heavy atom. The van der Waals surface area contributed by atoms with Gasteiger partial charge in [0.1, 0.15) is 35.4 Å². The Kier molecular flexibility index (Phi) is 10.0. The Bertz CT molecular complexity index is 1500. The zero-order chi connectivity index (χ0) is 33.9. The molecule has 0 bridgehead atoms. The van der Waals surface area contributed by atoms with Crippen LogP contribution < -0.4 is 11.0 Å². The largest absolute Gasteiger partial charge is 0.509 e. The number of alkyl halides is 2. The van der Waals surface area contributed by atoms with Crippen molar-refractivity contribution in [2.45, 2.75) is 90.6 Å². The van der Waals surface area contributed by atoms with Crippen LogP contribution in [-0.4, -0.2) is 78.8 Å². The van der Waals surface area contributed by atoms with Crippen LogP contribution in [0.1, 0.15) is 59.2 Å². The van der Waals surface area contributed by atoms with Crippen LogP contribution in [0.15, 0.2) is 17.1 Å². The number of imidazole rings is 1. The van der Waals surface area contributed by atoms with Gasteiger partial charge in [0, 0.05) is 6.20 Å². The Labute approximate surface area is 253 Å². The number of hydrogen-bond donors (Lipinski definition) is 2. The number of aromatic nitrogens is 4. The molecule has 45 heavy (non-hydrogen) atoms. The molecule has 1 fully saturated rings. The Hall–Kier alpha value is -4.88. The van der Waals surface area contributed by atoms with Gasteiger partial charge in [0.15, 0.2) is 12.3 Å². The van der Waals surface area contributed by atoms with E-state index in [1.54, 1.807) is 20.8 Å². The molecule has 3 heterocycles. The molecule has 1 saturated heterocycles. The third kappa shape index (κ3) is 9.30. The molecule has 0 radical (unpaired) electrons. The maximum atomic E-state index is 15.7. The lowest BCUT2D eigenvalue weighted by Gasteiger charge is -2.26. The summed E-state index contributed by atoms with van der Waals surface area (Å²) in [6.45, 7) is 9.20. The standard InChI is InChI=1S/C25H32F2N6O12/c1-12-13(29-18(28-12)33(38)39)10-40-20(35)31-15-8-9-32(19(34)30-15)17-25(26,27)16(43-22(37)45-24(5,6)7)14(42-17)11-41-21(36)44-23(2,3)4/h8-9,14,16-17H,10-11H2,1-7H3,(H,28,29)(H,30,31,34,35)/t14-,16-,17-/m1/s1. The SMILES string of the molecule is Cc1[nH]c([N+](=O)[O-])nc1COC(=O)Nc1ccn([C@@H]2O[C@H](COC(=O)OC(C)(C)C)[C@@H](OC(=O)OC(C)(C)C)C2(F)F)c(=O)n1. The molecular formula is C25H32F2N6O12. The first-order chi connectivity index (χ1) is 20.7. The van der Waals surface area contributed by atoms with Crippen molar-refractivity contribution < 1.29 is 56.5 Å². The van der Waals surface area contributed by atoms with Crippen LogP contribution in [0.4, 0.5) is 34.9 Å². The van der Waals surface area contributed by atoms with E-state index in [-0.39, 0.29) is 11.4 Å². The molecule has 248 valence electrons. The molecule has 1 aliphatic rings. The fourth-order valence-electron chi connectivity index (χ4n) is 3.70. The van der Waals surface area contributed by atoms with Gasteiger partial charge in [-0.15, -0.1) is 0 Å². The van der Waals surface area contributed by atoms with Crippen LogP contribution in [0.3, 0.4) is 0 Å². The van der Waals surface area contributed by atoms with Gasteiger partial charge in [-0.3, -0.25) is 9.88 Å². The average molecular weight is 647 g/mol. The van der Waals surface area contributed by atoms with Crippen LogP contribution in [0.2, 0.25) is 0 Å². The Balaban J connectivity index is 1.76. The van der Waals surface area contributed by atoms with Crippen molar-refractivity contribution in [1.29, 1.82) is 0 Å². The summed E-state index contributed by atoms with van der Waals surface area (Å²) in [6, 6.07) is 0.973. The molecule has 20 heteroatoms. The summed E-state index contributed by atoms with van der Waals surface area (Å²) in [5, 5.41) is 12.9. The van der Waals surface area contributed by atoms with Crippen LogP contribution in [0.25, 0.3) is 0 Å². The molecule has 3 atom stereocenters. The van der Waals surface area contributed by atoms with Gasteiger partial charge in [-0.05, 0) is 59.5 Å². The summed E-state index contributed by atoms with van der Waals surface area (Å²) in [5.74, 6) is -5.05. The smallest absolute Gasteiger partial charge is 0.441 e. The zero-order valence-corrected chi connectivity index (χ0v) is 25.2. The van der Waals surface area contributed by atoms with E-state index in [1.165, 1.54) is 27.7 Å². The number of hydrogen-bond acceptors (Lipinski definition) is 14. The molecule has 2 N–H and O–H groups in total. The summed E-state index contributed by atoms with van der Waals surface area (Å²) in [5.41, 5.74) is -3.05. The van der Waals surface area contributed by atoms with Crippen molar-refractivity contribution in [1.82, 2.24) is 19.5 Å². The highest BCUT2D eigenvalue weighted by molar-refractivity contribution is 5.83. The highest BCUT2D eigenvalue weighted by Crippen LogP contribution is 2.44. The number of nitrogens with one attached hydrogen (secondary N) is 2. The number of halogens is 2. The molecule has 0 saturated carbocycles. The predicted molar refractivity (Wildman–Crippen MR) is 144 cm³/mol. The van der Waals surface area contributed by atoms with Gasteiger partial charge in [0.05, 0.1) is 0 Å². The van der Waals surface area contributed by atoms with E-state index in [4.69, 9.17) is 28.4 Å². The summed E-state index contributed by atoms with van der Waals surface area (Å²) >= 11 is 0. The van der Waals surface area contributed by atoms with Gasteiger partial charge in [-0.2, -0.15) is 13.8 Å². The fourth-order valence-corrected chi connectivity index (χ4v) is 3.70. The minimum Gasteiger partial charge on any atom is -0.441 e. The molecular weight excluding hydrogens is 614 g/mol. The van der Waals surface area contributed by atoms with Gasteiger partial charge in [-0.1, -0.05) is 4.98 Å². The second-order valence-electron chi connectivity index (χ2n) is 11.6. The summed E-state index contributed by atoms with van der Waals surface area (Å²) in [7, 11) is 0. The van der Waals surface area contributed by atoms with E-state index in [0.717, 1.165) is 12.3 Å². The monoisotopic (exact) mass is 646 g/mol. The quantitative estimate of drug-likeness (QED) is 0.180. The lowest BCUT2D eigenvalue weighted by molar-refractivity contribution is -0.393. The van der Waals surface area contributed by atoms with Gasteiger partial charge in [0.2, 0.25) is 12.3 Å². The maximum absolute atomic E-state index is 15.7. The fraction of sp³-hybridized carbons (Fsp3) is 0.600. The van der Waals surface area contributed by atoms with Crippen molar-refractivity contribution in [2.75, 3.05) is 11.9 Å². The van der Waals surface area contributed by atoms with Crippen molar-refractivity contribution in [3.63, 3.8) is 0 Å². The van der Waals surface area contributed by atoms with Gasteiger partial charge < -0.3 is 38.5 Å². The number of aryl methyl sites for hydroxylation is 1. The topological polar surface area (TPSA) is 225 Å². The van der Waals surface area contributed by atoms with E-state index >= 15 is 8.78 Å². The Morgan fingerprint density at radius 2 is 1.73 bits per heavy atom. The number of H-pyrrole nitrogens is 1. The first-order valence-corrected chi connectivity index (χ1v) is 13.2. The number of carbonyl (C=O) groups is 3. The molecule has 18 nitrogen and oxygen atoms in total. The maximum Gasteiger partial charge on any atom is 0.509 e. The molecule has 2 aromatic heterocycles. The van der Waals surface area contributed by atoms with Crippen LogP contribution in [0.5, 0.6) is 0 Å². The van der Waals surface area contributed by atoms with Crippen molar-refractivity contribution in [3.8, 4) is 0 Å². The molecule has 0 spiro atoms. The lowest BCUT2D eigenvalue weighted by atomic mass is 10.1. The first-order valence-electron chi connectivity index (χ1n) is 13.2.